The van der Waals surface area contributed by atoms with E-state index in [-0.39, 0.29) is 6.61 Å². The average molecular weight is 178 g/mol. The van der Waals surface area contributed by atoms with Crippen LogP contribution in [0.4, 0.5) is 0 Å². The number of ether oxygens (including phenoxy) is 1. The van der Waals surface area contributed by atoms with Gasteiger partial charge in [-0.2, -0.15) is 0 Å². The second-order valence-corrected chi connectivity index (χ2v) is 3.41. The van der Waals surface area contributed by atoms with E-state index in [1.165, 1.54) is 5.56 Å². The van der Waals surface area contributed by atoms with Gasteiger partial charge < -0.3 is 9.84 Å². The van der Waals surface area contributed by atoms with Gasteiger partial charge in [-0.3, -0.25) is 0 Å². The van der Waals surface area contributed by atoms with Crippen molar-refractivity contribution in [3.8, 4) is 0 Å². The Bertz CT molecular complexity index is 258. The van der Waals surface area contributed by atoms with Crippen molar-refractivity contribution in [3.63, 3.8) is 0 Å². The van der Waals surface area contributed by atoms with Crippen LogP contribution >= 0.6 is 0 Å². The monoisotopic (exact) mass is 178 g/mol. The van der Waals surface area contributed by atoms with E-state index in [4.69, 9.17) is 9.84 Å². The number of hydrogen-bond donors (Lipinski definition) is 1. The van der Waals surface area contributed by atoms with Gasteiger partial charge in [0.25, 0.3) is 0 Å². The maximum absolute atomic E-state index is 8.68. The van der Waals surface area contributed by atoms with Crippen molar-refractivity contribution in [1.82, 2.24) is 0 Å². The third-order valence-corrected chi connectivity index (χ3v) is 2.38. The number of benzene rings is 1. The maximum Gasteiger partial charge on any atom is 0.0883 e. The van der Waals surface area contributed by atoms with E-state index in [9.17, 15) is 0 Å². The van der Waals surface area contributed by atoms with Gasteiger partial charge in [0.05, 0.1) is 12.2 Å². The minimum absolute atomic E-state index is 0.232. The predicted molar refractivity (Wildman–Crippen MR) is 50.5 cm³/mol. The van der Waals surface area contributed by atoms with Gasteiger partial charge >= 0.3 is 0 Å². The van der Waals surface area contributed by atoms with Crippen LogP contribution in [0.2, 0.25) is 0 Å². The molecule has 1 fully saturated rings. The fraction of sp³-hybridized carbons (Fsp3) is 0.455. The summed E-state index contributed by atoms with van der Waals surface area (Å²) in [5.41, 5.74) is 1.31. The van der Waals surface area contributed by atoms with Gasteiger partial charge in [0.15, 0.2) is 0 Å². The summed E-state index contributed by atoms with van der Waals surface area (Å²) in [5.74, 6) is 0. The molecule has 1 N–H and O–H groups in total. The zero-order valence-corrected chi connectivity index (χ0v) is 7.52. The summed E-state index contributed by atoms with van der Waals surface area (Å²) in [4.78, 5) is 0. The Balaban J connectivity index is 1.81. The second kappa shape index (κ2) is 3.90. The van der Waals surface area contributed by atoms with Crippen LogP contribution in [0, 0.1) is 0 Å². The lowest BCUT2D eigenvalue weighted by atomic mass is 10.1. The first-order chi connectivity index (χ1) is 6.40. The largest absolute Gasteiger partial charge is 0.396 e. The molecule has 1 saturated heterocycles. The summed E-state index contributed by atoms with van der Waals surface area (Å²) in [6.45, 7) is 0.232. The molecule has 0 saturated carbocycles. The lowest BCUT2D eigenvalue weighted by Gasteiger charge is -1.95. The van der Waals surface area contributed by atoms with Crippen LogP contribution in [0.25, 0.3) is 0 Å². The molecular formula is C11H14O2. The first kappa shape index (κ1) is 8.73. The second-order valence-electron chi connectivity index (χ2n) is 3.41. The highest BCUT2D eigenvalue weighted by molar-refractivity contribution is 5.17. The quantitative estimate of drug-likeness (QED) is 0.706. The number of aliphatic hydroxyl groups excluding tert-OH is 1. The van der Waals surface area contributed by atoms with Crippen molar-refractivity contribution in [2.75, 3.05) is 6.61 Å². The van der Waals surface area contributed by atoms with E-state index in [1.807, 2.05) is 18.2 Å². The highest BCUT2D eigenvalue weighted by Gasteiger charge is 2.37. The average Bonchev–Trinajstić information content (AvgIpc) is 2.86. The van der Waals surface area contributed by atoms with E-state index >= 15 is 0 Å². The SMILES string of the molecule is OCC[C@H]1O[C@H]1Cc1ccccc1. The molecule has 1 aliphatic heterocycles. The van der Waals surface area contributed by atoms with Crippen molar-refractivity contribution in [2.24, 2.45) is 0 Å². The first-order valence-electron chi connectivity index (χ1n) is 4.70. The molecule has 0 radical (unpaired) electrons. The zero-order valence-electron chi connectivity index (χ0n) is 7.52. The molecule has 1 aromatic rings. The highest BCUT2D eigenvalue weighted by atomic mass is 16.6. The number of epoxide rings is 1. The third kappa shape index (κ3) is 2.29. The van der Waals surface area contributed by atoms with E-state index in [2.05, 4.69) is 12.1 Å². The molecule has 1 aromatic carbocycles. The van der Waals surface area contributed by atoms with Gasteiger partial charge in [0, 0.05) is 13.0 Å². The molecule has 0 amide bonds. The van der Waals surface area contributed by atoms with Crippen LogP contribution in [0.15, 0.2) is 30.3 Å². The molecular weight excluding hydrogens is 164 g/mol. The minimum atomic E-state index is 0.232. The van der Waals surface area contributed by atoms with Crippen LogP contribution in [0.3, 0.4) is 0 Å². The molecule has 2 rings (SSSR count). The summed E-state index contributed by atoms with van der Waals surface area (Å²) < 4.78 is 5.40. The Morgan fingerprint density at radius 1 is 1.15 bits per heavy atom. The molecule has 2 heteroatoms. The smallest absolute Gasteiger partial charge is 0.0883 e. The summed E-state index contributed by atoms with van der Waals surface area (Å²) in [6, 6.07) is 10.3. The first-order valence-corrected chi connectivity index (χ1v) is 4.70. The number of rotatable bonds is 4. The van der Waals surface area contributed by atoms with Crippen LogP contribution in [-0.2, 0) is 11.2 Å². The molecule has 1 aliphatic rings. The molecule has 0 unspecified atom stereocenters. The third-order valence-electron chi connectivity index (χ3n) is 2.38. The molecule has 70 valence electrons. The Morgan fingerprint density at radius 2 is 1.92 bits per heavy atom. The van der Waals surface area contributed by atoms with Crippen molar-refractivity contribution >= 4 is 0 Å². The highest BCUT2D eigenvalue weighted by Crippen LogP contribution is 2.28. The van der Waals surface area contributed by atoms with E-state index in [0.717, 1.165) is 12.8 Å². The van der Waals surface area contributed by atoms with Gasteiger partial charge in [-0.15, -0.1) is 0 Å². The molecule has 0 bridgehead atoms. The van der Waals surface area contributed by atoms with Crippen LogP contribution in [0.1, 0.15) is 12.0 Å². The molecule has 2 nitrogen and oxygen atoms in total. The Morgan fingerprint density at radius 3 is 2.62 bits per heavy atom. The van der Waals surface area contributed by atoms with Crippen LogP contribution in [0.5, 0.6) is 0 Å². The fourth-order valence-electron chi connectivity index (χ4n) is 1.59. The van der Waals surface area contributed by atoms with E-state index in [1.54, 1.807) is 0 Å². The zero-order chi connectivity index (χ0) is 9.10. The van der Waals surface area contributed by atoms with Crippen molar-refractivity contribution in [2.45, 2.75) is 25.0 Å². The molecule has 1 heterocycles. The maximum atomic E-state index is 8.68. The fourth-order valence-corrected chi connectivity index (χ4v) is 1.59. The normalized spacial score (nSPS) is 25.9. The molecule has 0 spiro atoms. The molecule has 0 aliphatic carbocycles. The summed E-state index contributed by atoms with van der Waals surface area (Å²) in [6.07, 6.45) is 2.39. The molecule has 13 heavy (non-hydrogen) atoms. The van der Waals surface area contributed by atoms with Gasteiger partial charge in [-0.05, 0) is 12.0 Å². The van der Waals surface area contributed by atoms with E-state index < -0.39 is 0 Å². The van der Waals surface area contributed by atoms with Crippen molar-refractivity contribution in [3.05, 3.63) is 35.9 Å². The van der Waals surface area contributed by atoms with Crippen molar-refractivity contribution in [1.29, 1.82) is 0 Å². The lowest BCUT2D eigenvalue weighted by Crippen LogP contribution is -2.00. The van der Waals surface area contributed by atoms with Gasteiger partial charge in [0.2, 0.25) is 0 Å². The van der Waals surface area contributed by atoms with Gasteiger partial charge in [-0.1, -0.05) is 30.3 Å². The van der Waals surface area contributed by atoms with Crippen LogP contribution < -0.4 is 0 Å². The van der Waals surface area contributed by atoms with Gasteiger partial charge in [-0.25, -0.2) is 0 Å². The lowest BCUT2D eigenvalue weighted by molar-refractivity contribution is 0.262. The molecule has 0 aromatic heterocycles. The summed E-state index contributed by atoms with van der Waals surface area (Å²) in [7, 11) is 0. The topological polar surface area (TPSA) is 32.8 Å². The Hall–Kier alpha value is -0.860. The Labute approximate surface area is 78.2 Å². The predicted octanol–water partition coefficient (Wildman–Crippen LogP) is 1.38. The van der Waals surface area contributed by atoms with Gasteiger partial charge in [0.1, 0.15) is 0 Å². The number of hydrogen-bond acceptors (Lipinski definition) is 2. The van der Waals surface area contributed by atoms with E-state index in [0.29, 0.717) is 12.2 Å². The summed E-state index contributed by atoms with van der Waals surface area (Å²) >= 11 is 0. The minimum Gasteiger partial charge on any atom is -0.396 e. The number of aliphatic hydroxyl groups is 1. The Kier molecular flexibility index (Phi) is 2.62. The van der Waals surface area contributed by atoms with Crippen LogP contribution in [-0.4, -0.2) is 23.9 Å². The van der Waals surface area contributed by atoms with Crippen molar-refractivity contribution < 1.29 is 9.84 Å². The standard InChI is InChI=1S/C11H14O2/c12-7-6-10-11(13-10)8-9-4-2-1-3-5-9/h1-5,10-12H,6-8H2/t10-,11+/m1/s1. The summed E-state index contributed by atoms with van der Waals surface area (Å²) in [5, 5.41) is 8.68. The molecule has 2 atom stereocenters.